The summed E-state index contributed by atoms with van der Waals surface area (Å²) in [6, 6.07) is 35.9. The highest BCUT2D eigenvalue weighted by Gasteiger charge is 2.32. The van der Waals surface area contributed by atoms with Gasteiger partial charge >= 0.3 is 24.1 Å². The maximum absolute atomic E-state index is 13.5. The highest BCUT2D eigenvalue weighted by molar-refractivity contribution is 14.1. The largest absolute Gasteiger partial charge is 0.573 e. The molecule has 0 aliphatic rings. The van der Waals surface area contributed by atoms with E-state index in [1.54, 1.807) is 38.4 Å². The van der Waals surface area contributed by atoms with Crippen LogP contribution in [0.3, 0.4) is 0 Å². The molecule has 6 aromatic carbocycles. The molecule has 0 saturated heterocycles. The summed E-state index contributed by atoms with van der Waals surface area (Å²) in [5.74, 6) is -0.273. The van der Waals surface area contributed by atoms with Gasteiger partial charge in [0.1, 0.15) is 28.7 Å². The zero-order valence-electron chi connectivity index (χ0n) is 39.0. The van der Waals surface area contributed by atoms with Gasteiger partial charge in [-0.05, 0) is 101 Å². The third kappa shape index (κ3) is 14.4. The Labute approximate surface area is 425 Å². The van der Waals surface area contributed by atoms with Crippen molar-refractivity contribution in [1.82, 2.24) is 18.3 Å². The molecule has 73 heavy (non-hydrogen) atoms. The molecule has 0 aliphatic heterocycles. The molecule has 8 aromatic rings. The zero-order chi connectivity index (χ0) is 53.0. The molecule has 0 radical (unpaired) electrons. The molecule has 0 atom stereocenters. The van der Waals surface area contributed by atoms with Gasteiger partial charge in [0, 0.05) is 74.0 Å². The minimum Gasteiger partial charge on any atom is -0.508 e. The van der Waals surface area contributed by atoms with Gasteiger partial charge in [0.15, 0.2) is 0 Å². The first kappa shape index (κ1) is 55.0. The van der Waals surface area contributed by atoms with E-state index in [9.17, 15) is 55.7 Å². The van der Waals surface area contributed by atoms with Gasteiger partial charge in [-0.25, -0.2) is 9.59 Å². The molecule has 3 N–H and O–H groups in total. The third-order valence-electron chi connectivity index (χ3n) is 11.0. The minimum absolute atomic E-state index is 0.0285. The number of phenols is 1. The molecule has 8 rings (SSSR count). The summed E-state index contributed by atoms with van der Waals surface area (Å²) in [4.78, 5) is 51.7. The molecule has 384 valence electrons. The van der Waals surface area contributed by atoms with Crippen LogP contribution in [0.4, 0.5) is 26.3 Å². The molecule has 0 spiro atoms. The third-order valence-corrected chi connectivity index (χ3v) is 11.7. The maximum Gasteiger partial charge on any atom is 0.573 e. The van der Waals surface area contributed by atoms with Gasteiger partial charge in [0.25, 0.3) is 11.1 Å². The molecule has 0 fully saturated rings. The van der Waals surface area contributed by atoms with Crippen molar-refractivity contribution in [1.29, 1.82) is 0 Å². The smallest absolute Gasteiger partial charge is 0.508 e. The number of benzene rings is 6. The van der Waals surface area contributed by atoms with Crippen molar-refractivity contribution in [3.8, 4) is 28.7 Å². The highest BCUT2D eigenvalue weighted by Crippen LogP contribution is 2.34. The van der Waals surface area contributed by atoms with Crippen molar-refractivity contribution >= 4 is 44.4 Å². The van der Waals surface area contributed by atoms with E-state index in [1.807, 2.05) is 83.3 Å². The fourth-order valence-corrected chi connectivity index (χ4v) is 8.23. The summed E-state index contributed by atoms with van der Waals surface area (Å²) in [5, 5.41) is 29.2. The maximum atomic E-state index is 13.5. The standard InChI is InChI=1S/C26H23F3N2O5.C19H20N2O4.C7H4F3IO/c1-30-21-11-12-22(35-18-9-5-10-19(16-18)36-26(27,28)29)20(15-17-7-3-2-4-8-17)23(21)24(33)31(25(30)34)13-6-14-32;1-20-15-8-9-16(23)14(12-13-6-3-2-4-7-13)17(15)18(24)21(19(20)25)10-5-11-22;8-7(9,10)12-6-3-1-2-5(11)4-6/h2-5,7-12,16,32H,6,13-15H2,1H3;2-4,6-9,22-23H,5,10-12H2,1H3;1-4H. The predicted molar refractivity (Wildman–Crippen MR) is 270 cm³/mol. The number of phenolic OH excluding ortho intramolecular Hbond substituents is 1. The second-order valence-corrected chi connectivity index (χ2v) is 17.3. The van der Waals surface area contributed by atoms with Crippen LogP contribution in [0.5, 0.6) is 28.7 Å². The Morgan fingerprint density at radius 3 is 1.45 bits per heavy atom. The molecule has 2 aromatic heterocycles. The number of halogens is 7. The summed E-state index contributed by atoms with van der Waals surface area (Å²) in [7, 11) is 3.15. The number of hydrogen-bond acceptors (Lipinski definition) is 10. The summed E-state index contributed by atoms with van der Waals surface area (Å²) < 4.78 is 92.3. The fraction of sp³-hybridized carbons (Fsp3) is 0.231. The number of aromatic nitrogens is 4. The quantitative estimate of drug-likeness (QED) is 0.0704. The minimum atomic E-state index is -4.86. The van der Waals surface area contributed by atoms with Crippen LogP contribution in [-0.4, -0.2) is 59.5 Å². The number of aromatic hydroxyl groups is 1. The van der Waals surface area contributed by atoms with Crippen LogP contribution in [0.15, 0.2) is 153 Å². The summed E-state index contributed by atoms with van der Waals surface area (Å²) in [6.07, 6.45) is -8.28. The number of aliphatic hydroxyl groups is 2. The second kappa shape index (κ2) is 24.4. The number of rotatable bonds is 14. The Balaban J connectivity index is 0.000000202. The van der Waals surface area contributed by atoms with E-state index in [4.69, 9.17) is 9.84 Å². The van der Waals surface area contributed by atoms with Gasteiger partial charge in [-0.2, -0.15) is 0 Å². The topological polar surface area (TPSA) is 176 Å². The van der Waals surface area contributed by atoms with Crippen LogP contribution in [0.1, 0.15) is 35.1 Å². The first-order valence-electron chi connectivity index (χ1n) is 22.2. The number of ether oxygens (including phenoxy) is 3. The van der Waals surface area contributed by atoms with E-state index < -0.39 is 41.0 Å². The van der Waals surface area contributed by atoms with Gasteiger partial charge < -0.3 is 29.5 Å². The molecule has 21 heteroatoms. The Hall–Kier alpha value is -7.37. The van der Waals surface area contributed by atoms with E-state index in [1.165, 1.54) is 45.5 Å². The van der Waals surface area contributed by atoms with Crippen LogP contribution in [0, 0.1) is 3.57 Å². The Kier molecular flexibility index (Phi) is 18.3. The van der Waals surface area contributed by atoms with E-state index in [0.717, 1.165) is 32.4 Å². The lowest BCUT2D eigenvalue weighted by Gasteiger charge is -2.17. The lowest BCUT2D eigenvalue weighted by atomic mass is 9.99. The van der Waals surface area contributed by atoms with Crippen molar-refractivity contribution in [2.75, 3.05) is 13.2 Å². The second-order valence-electron chi connectivity index (χ2n) is 16.1. The summed E-state index contributed by atoms with van der Waals surface area (Å²) >= 11 is 1.91. The first-order chi connectivity index (χ1) is 34.7. The Morgan fingerprint density at radius 2 is 0.973 bits per heavy atom. The first-order valence-corrected chi connectivity index (χ1v) is 23.3. The molecule has 0 aliphatic carbocycles. The van der Waals surface area contributed by atoms with E-state index in [2.05, 4.69) is 9.47 Å². The summed E-state index contributed by atoms with van der Waals surface area (Å²) in [6.45, 7) is -0.127. The van der Waals surface area contributed by atoms with Crippen LogP contribution in [0.2, 0.25) is 0 Å². The van der Waals surface area contributed by atoms with Gasteiger partial charge in [0.2, 0.25) is 0 Å². The Morgan fingerprint density at radius 1 is 0.534 bits per heavy atom. The SMILES string of the molecule is Cn1c(=O)n(CCCO)c(=O)c2c(Cc3ccccc3)c(O)ccc21.Cn1c(=O)n(CCCO)c(=O)c2c(Cc3ccccc3)c(Oc3cccc(OC(F)(F)F)c3)ccc21.FC(F)(F)Oc1cccc(I)c1. The molecule has 0 unspecified atom stereocenters. The van der Waals surface area contributed by atoms with Crippen LogP contribution in [0.25, 0.3) is 21.8 Å². The van der Waals surface area contributed by atoms with Crippen molar-refractivity contribution in [3.05, 3.63) is 201 Å². The van der Waals surface area contributed by atoms with Crippen molar-refractivity contribution in [2.45, 2.75) is 51.5 Å². The van der Waals surface area contributed by atoms with Crippen molar-refractivity contribution in [3.63, 3.8) is 0 Å². The van der Waals surface area contributed by atoms with Crippen LogP contribution < -0.4 is 36.7 Å². The van der Waals surface area contributed by atoms with Gasteiger partial charge in [-0.3, -0.25) is 27.9 Å². The molecule has 0 saturated carbocycles. The molecular formula is C52H47F6IN4O10. The average molecular weight is 1130 g/mol. The number of aliphatic hydroxyl groups excluding tert-OH is 2. The number of alkyl halides is 6. The zero-order valence-corrected chi connectivity index (χ0v) is 41.2. The molecular weight excluding hydrogens is 1080 g/mol. The van der Waals surface area contributed by atoms with Crippen LogP contribution in [-0.2, 0) is 40.0 Å². The Bertz CT molecular complexity index is 3430. The molecule has 2 heterocycles. The van der Waals surface area contributed by atoms with Gasteiger partial charge in [-0.1, -0.05) is 72.8 Å². The van der Waals surface area contributed by atoms with Crippen molar-refractivity contribution in [2.24, 2.45) is 14.1 Å². The van der Waals surface area contributed by atoms with Crippen LogP contribution >= 0.6 is 22.6 Å². The molecule has 0 bridgehead atoms. The number of aryl methyl sites for hydroxylation is 2. The van der Waals surface area contributed by atoms with E-state index >= 15 is 0 Å². The molecule has 0 amide bonds. The predicted octanol–water partition coefficient (Wildman–Crippen LogP) is 8.93. The highest BCUT2D eigenvalue weighted by atomic mass is 127. The number of hydrogen-bond donors (Lipinski definition) is 3. The normalized spacial score (nSPS) is 11.4. The van der Waals surface area contributed by atoms with Crippen molar-refractivity contribution < 1.29 is 55.9 Å². The number of fused-ring (bicyclic) bond motifs is 2. The summed E-state index contributed by atoms with van der Waals surface area (Å²) in [5.41, 5.74) is 1.75. The van der Waals surface area contributed by atoms with E-state index in [-0.39, 0.29) is 67.5 Å². The average Bonchev–Trinajstić information content (AvgIpc) is 3.34. The van der Waals surface area contributed by atoms with Gasteiger partial charge in [-0.15, -0.1) is 26.3 Å². The van der Waals surface area contributed by atoms with Gasteiger partial charge in [0.05, 0.1) is 21.8 Å². The fourth-order valence-electron chi connectivity index (χ4n) is 7.72. The molecule has 14 nitrogen and oxygen atoms in total. The van der Waals surface area contributed by atoms with E-state index in [0.29, 0.717) is 44.0 Å². The lowest BCUT2D eigenvalue weighted by molar-refractivity contribution is -0.275. The number of nitrogens with zero attached hydrogens (tertiary/aromatic N) is 4. The monoisotopic (exact) mass is 1130 g/mol. The lowest BCUT2D eigenvalue weighted by Crippen LogP contribution is -2.39.